The highest BCUT2D eigenvalue weighted by Gasteiger charge is 2.33. The molecule has 0 fully saturated rings. The number of hydrogen-bond donors (Lipinski definition) is 0. The molecule has 1 aliphatic rings. The van der Waals surface area contributed by atoms with E-state index < -0.39 is 25.2 Å². The molecule has 0 radical (unpaired) electrons. The maximum absolute atomic E-state index is 13.2. The van der Waals surface area contributed by atoms with Crippen molar-refractivity contribution in [2.24, 2.45) is 0 Å². The first-order valence-corrected chi connectivity index (χ1v) is 8.08. The van der Waals surface area contributed by atoms with Crippen molar-refractivity contribution in [1.82, 2.24) is 19.5 Å². The van der Waals surface area contributed by atoms with E-state index in [1.165, 1.54) is 27.9 Å². The molecule has 136 valence electrons. The molecule has 3 rings (SSSR count). The second kappa shape index (κ2) is 6.71. The van der Waals surface area contributed by atoms with Gasteiger partial charge >= 0.3 is 6.18 Å². The number of carbonyl (C=O) groups is 1. The number of fused-ring (bicyclic) bond motifs is 1. The number of alkyl halides is 4. The van der Waals surface area contributed by atoms with Crippen LogP contribution in [0.25, 0.3) is 4.96 Å². The zero-order valence-corrected chi connectivity index (χ0v) is 14.0. The van der Waals surface area contributed by atoms with Crippen LogP contribution < -0.4 is 0 Å². The van der Waals surface area contributed by atoms with Gasteiger partial charge in [-0.3, -0.25) is 4.79 Å². The van der Waals surface area contributed by atoms with E-state index in [2.05, 4.69) is 10.1 Å². The Morgan fingerprint density at radius 1 is 1.40 bits per heavy atom. The van der Waals surface area contributed by atoms with E-state index in [-0.39, 0.29) is 31.0 Å². The Balaban J connectivity index is 1.82. The van der Waals surface area contributed by atoms with Gasteiger partial charge in [0.15, 0.2) is 0 Å². The highest BCUT2D eigenvalue weighted by atomic mass is 32.1. The minimum atomic E-state index is -4.37. The van der Waals surface area contributed by atoms with E-state index in [1.54, 1.807) is 0 Å². The maximum atomic E-state index is 13.2. The molecule has 1 amide bonds. The molecule has 0 aliphatic carbocycles. The molecule has 6 nitrogen and oxygen atoms in total. The van der Waals surface area contributed by atoms with Gasteiger partial charge < -0.3 is 9.64 Å². The van der Waals surface area contributed by atoms with Gasteiger partial charge in [-0.1, -0.05) is 11.3 Å². The molecule has 2 aromatic heterocycles. The number of amides is 1. The molecule has 11 heteroatoms. The molecule has 3 heterocycles. The average Bonchev–Trinajstić information content (AvgIpc) is 3.13. The SMILES string of the molecule is COCc1nn2c(CN3CC(CC(F)(F)F)=CC3=O)c(CF)nc2s1. The summed E-state index contributed by atoms with van der Waals surface area (Å²) in [5, 5.41) is 4.89. The quantitative estimate of drug-likeness (QED) is 0.725. The van der Waals surface area contributed by atoms with Crippen molar-refractivity contribution in [2.75, 3.05) is 13.7 Å². The van der Waals surface area contributed by atoms with Crippen LogP contribution in [0.15, 0.2) is 11.6 Å². The number of ether oxygens (including phenoxy) is 1. The van der Waals surface area contributed by atoms with Crippen LogP contribution in [0.1, 0.15) is 22.8 Å². The summed E-state index contributed by atoms with van der Waals surface area (Å²) >= 11 is 1.22. The second-order valence-electron chi connectivity index (χ2n) is 5.55. The fraction of sp³-hybridized carbons (Fsp3) is 0.500. The van der Waals surface area contributed by atoms with Gasteiger partial charge in [0.2, 0.25) is 10.9 Å². The van der Waals surface area contributed by atoms with E-state index in [1.807, 2.05) is 0 Å². The average molecular weight is 378 g/mol. The Hall–Kier alpha value is -2.01. The lowest BCUT2D eigenvalue weighted by molar-refractivity contribution is -0.128. The maximum Gasteiger partial charge on any atom is 0.392 e. The predicted molar refractivity (Wildman–Crippen MR) is 80.6 cm³/mol. The van der Waals surface area contributed by atoms with Crippen LogP contribution >= 0.6 is 11.3 Å². The largest absolute Gasteiger partial charge is 0.392 e. The molecule has 0 atom stereocenters. The summed E-state index contributed by atoms with van der Waals surface area (Å²) in [7, 11) is 1.51. The third-order valence-electron chi connectivity index (χ3n) is 3.62. The van der Waals surface area contributed by atoms with Gasteiger partial charge in [0.05, 0.1) is 31.0 Å². The summed E-state index contributed by atoms with van der Waals surface area (Å²) in [5.41, 5.74) is 0.462. The molecule has 0 saturated heterocycles. The summed E-state index contributed by atoms with van der Waals surface area (Å²) < 4.78 is 57.1. The lowest BCUT2D eigenvalue weighted by Gasteiger charge is -2.17. The highest BCUT2D eigenvalue weighted by Crippen LogP contribution is 2.29. The molecule has 2 aromatic rings. The Kier molecular flexibility index (Phi) is 4.78. The lowest BCUT2D eigenvalue weighted by atomic mass is 10.2. The van der Waals surface area contributed by atoms with Crippen LogP contribution in [-0.2, 0) is 29.4 Å². The van der Waals surface area contributed by atoms with Crippen molar-refractivity contribution < 1.29 is 27.1 Å². The number of nitrogens with zero attached hydrogens (tertiary/aromatic N) is 4. The van der Waals surface area contributed by atoms with Gasteiger partial charge in [-0.25, -0.2) is 13.9 Å². The van der Waals surface area contributed by atoms with E-state index in [0.717, 1.165) is 6.08 Å². The molecule has 0 saturated carbocycles. The molecule has 0 aromatic carbocycles. The van der Waals surface area contributed by atoms with Crippen LogP contribution in [0.2, 0.25) is 0 Å². The van der Waals surface area contributed by atoms with Gasteiger partial charge in [-0.2, -0.15) is 18.3 Å². The van der Waals surface area contributed by atoms with Crippen LogP contribution in [0.4, 0.5) is 17.6 Å². The fourth-order valence-electron chi connectivity index (χ4n) is 2.63. The summed E-state index contributed by atoms with van der Waals surface area (Å²) in [6, 6.07) is 0. The summed E-state index contributed by atoms with van der Waals surface area (Å²) in [5.74, 6) is -0.536. The topological polar surface area (TPSA) is 59.7 Å². The first-order chi connectivity index (χ1) is 11.8. The second-order valence-corrected chi connectivity index (χ2v) is 6.59. The molecule has 25 heavy (non-hydrogen) atoms. The van der Waals surface area contributed by atoms with Crippen molar-refractivity contribution >= 4 is 22.2 Å². The minimum Gasteiger partial charge on any atom is -0.377 e. The first-order valence-electron chi connectivity index (χ1n) is 7.27. The number of hydrogen-bond acceptors (Lipinski definition) is 5. The molecule has 0 bridgehead atoms. The minimum absolute atomic E-state index is 0.0154. The number of rotatable bonds is 6. The van der Waals surface area contributed by atoms with Gasteiger partial charge in [0.1, 0.15) is 11.7 Å². The van der Waals surface area contributed by atoms with Crippen LogP contribution in [-0.4, -0.2) is 45.2 Å². The number of imidazole rings is 1. The van der Waals surface area contributed by atoms with E-state index in [0.29, 0.717) is 15.7 Å². The van der Waals surface area contributed by atoms with Gasteiger partial charge in [-0.05, 0) is 5.57 Å². The van der Waals surface area contributed by atoms with Crippen molar-refractivity contribution in [3.05, 3.63) is 28.0 Å². The Morgan fingerprint density at radius 2 is 2.16 bits per heavy atom. The third kappa shape index (κ3) is 3.82. The van der Waals surface area contributed by atoms with E-state index in [9.17, 15) is 22.4 Å². The summed E-state index contributed by atoms with van der Waals surface area (Å²) in [4.78, 5) is 17.8. The normalized spacial score (nSPS) is 15.5. The number of carbonyl (C=O) groups excluding carboxylic acids is 1. The number of halogens is 4. The van der Waals surface area contributed by atoms with Gasteiger partial charge in [-0.15, -0.1) is 0 Å². The molecular weight excluding hydrogens is 364 g/mol. The van der Waals surface area contributed by atoms with Crippen LogP contribution in [0.5, 0.6) is 0 Å². The lowest BCUT2D eigenvalue weighted by Crippen LogP contribution is -2.27. The Morgan fingerprint density at radius 3 is 2.80 bits per heavy atom. The standard InChI is InChI=1S/C14H14F4N4O2S/c1-24-7-11-20-22-10(9(4-15)19-13(22)25-11)6-21-5-8(2-12(21)23)3-14(16,17)18/h2H,3-7H2,1H3. The number of aromatic nitrogens is 3. The van der Waals surface area contributed by atoms with Crippen LogP contribution in [0.3, 0.4) is 0 Å². The molecule has 0 unspecified atom stereocenters. The monoisotopic (exact) mass is 378 g/mol. The zero-order chi connectivity index (χ0) is 18.2. The summed E-state index contributed by atoms with van der Waals surface area (Å²) in [6.07, 6.45) is -4.53. The van der Waals surface area contributed by atoms with Gasteiger partial charge in [0, 0.05) is 19.7 Å². The molecule has 0 spiro atoms. The van der Waals surface area contributed by atoms with Crippen molar-refractivity contribution in [2.45, 2.75) is 32.4 Å². The van der Waals surface area contributed by atoms with E-state index >= 15 is 0 Å². The predicted octanol–water partition coefficient (Wildman–Crippen LogP) is 2.63. The van der Waals surface area contributed by atoms with E-state index in [4.69, 9.17) is 4.74 Å². The highest BCUT2D eigenvalue weighted by molar-refractivity contribution is 7.16. The Labute approximate surface area is 143 Å². The summed E-state index contributed by atoms with van der Waals surface area (Å²) in [6.45, 7) is -0.798. The Bertz CT molecular complexity index is 827. The fourth-order valence-corrected chi connectivity index (χ4v) is 3.54. The molecule has 1 aliphatic heterocycles. The third-order valence-corrected chi connectivity index (χ3v) is 4.50. The van der Waals surface area contributed by atoms with Crippen molar-refractivity contribution in [3.8, 4) is 0 Å². The van der Waals surface area contributed by atoms with Crippen molar-refractivity contribution in [3.63, 3.8) is 0 Å². The molecular formula is C14H14F4N4O2S. The van der Waals surface area contributed by atoms with Crippen LogP contribution in [0, 0.1) is 0 Å². The molecule has 0 N–H and O–H groups in total. The van der Waals surface area contributed by atoms with Gasteiger partial charge in [0.25, 0.3) is 0 Å². The van der Waals surface area contributed by atoms with Crippen molar-refractivity contribution in [1.29, 1.82) is 0 Å². The first kappa shape index (κ1) is 17.8. The zero-order valence-electron chi connectivity index (χ0n) is 13.1. The number of methoxy groups -OCH3 is 1. The smallest absolute Gasteiger partial charge is 0.377 e.